The van der Waals surface area contributed by atoms with E-state index in [0.29, 0.717) is 12.5 Å². The van der Waals surface area contributed by atoms with E-state index in [-0.39, 0.29) is 0 Å². The van der Waals surface area contributed by atoms with Crippen LogP contribution >= 0.6 is 0 Å². The topological polar surface area (TPSA) is 46.3 Å². The summed E-state index contributed by atoms with van der Waals surface area (Å²) in [6.07, 6.45) is 7.95. The quantitative estimate of drug-likeness (QED) is 0.769. The smallest absolute Gasteiger partial charge is 0.198 e. The highest BCUT2D eigenvalue weighted by atomic mass is 16.3. The number of aryl methyl sites for hydroxylation is 1. The maximum absolute atomic E-state index is 8.73. The molecule has 102 valence electrons. The SMILES string of the molecule is OCCCCCCc1ccc2oc(C3CC3)nc2c1. The Hall–Kier alpha value is -1.35. The van der Waals surface area contributed by atoms with Crippen LogP contribution in [0.25, 0.3) is 11.1 Å². The predicted octanol–water partition coefficient (Wildman–Crippen LogP) is 3.80. The van der Waals surface area contributed by atoms with E-state index < -0.39 is 0 Å². The molecule has 1 aliphatic rings. The van der Waals surface area contributed by atoms with Gasteiger partial charge in [0.2, 0.25) is 0 Å². The summed E-state index contributed by atoms with van der Waals surface area (Å²) in [7, 11) is 0. The molecule has 1 aliphatic carbocycles. The van der Waals surface area contributed by atoms with Gasteiger partial charge < -0.3 is 9.52 Å². The van der Waals surface area contributed by atoms with E-state index in [9.17, 15) is 0 Å². The molecular formula is C16H21NO2. The number of nitrogens with zero attached hydrogens (tertiary/aromatic N) is 1. The Labute approximate surface area is 113 Å². The number of rotatable bonds is 7. The fourth-order valence-electron chi connectivity index (χ4n) is 2.45. The molecule has 0 spiro atoms. The van der Waals surface area contributed by atoms with E-state index in [1.807, 2.05) is 0 Å². The number of aliphatic hydroxyl groups is 1. The van der Waals surface area contributed by atoms with Gasteiger partial charge in [0.05, 0.1) is 0 Å². The second kappa shape index (κ2) is 5.74. The fourth-order valence-corrected chi connectivity index (χ4v) is 2.45. The van der Waals surface area contributed by atoms with E-state index in [1.54, 1.807) is 0 Å². The second-order valence-electron chi connectivity index (χ2n) is 5.52. The molecule has 3 nitrogen and oxygen atoms in total. The summed E-state index contributed by atoms with van der Waals surface area (Å²) in [4.78, 5) is 4.59. The van der Waals surface area contributed by atoms with Crippen LogP contribution in [-0.2, 0) is 6.42 Å². The van der Waals surface area contributed by atoms with Crippen molar-refractivity contribution in [2.45, 2.75) is 50.9 Å². The van der Waals surface area contributed by atoms with Gasteiger partial charge in [-0.2, -0.15) is 0 Å². The van der Waals surface area contributed by atoms with Gasteiger partial charge in [-0.15, -0.1) is 0 Å². The molecule has 2 aromatic rings. The predicted molar refractivity (Wildman–Crippen MR) is 75.2 cm³/mol. The first kappa shape index (κ1) is 12.7. The lowest BCUT2D eigenvalue weighted by Gasteiger charge is -2.01. The van der Waals surface area contributed by atoms with Crippen LogP contribution in [0.15, 0.2) is 22.6 Å². The Morgan fingerprint density at radius 2 is 2.00 bits per heavy atom. The van der Waals surface area contributed by atoms with E-state index in [1.165, 1.54) is 31.2 Å². The second-order valence-corrected chi connectivity index (χ2v) is 5.52. The molecule has 1 fully saturated rings. The minimum absolute atomic E-state index is 0.314. The third kappa shape index (κ3) is 3.16. The Balaban J connectivity index is 1.60. The number of hydrogen-bond acceptors (Lipinski definition) is 3. The Kier molecular flexibility index (Phi) is 3.83. The Bertz CT molecular complexity index is 543. The fraction of sp³-hybridized carbons (Fsp3) is 0.562. The minimum atomic E-state index is 0.314. The zero-order chi connectivity index (χ0) is 13.1. The normalized spacial score (nSPS) is 15.2. The van der Waals surface area contributed by atoms with Crippen molar-refractivity contribution in [2.75, 3.05) is 6.61 Å². The largest absolute Gasteiger partial charge is 0.440 e. The lowest BCUT2D eigenvalue weighted by atomic mass is 10.1. The standard InChI is InChI=1S/C16H21NO2/c18-10-4-2-1-3-5-12-6-9-15-14(11-12)17-16(19-15)13-7-8-13/h6,9,11,13,18H,1-5,7-8,10H2. The van der Waals surface area contributed by atoms with Gasteiger partial charge in [0.15, 0.2) is 11.5 Å². The molecule has 0 bridgehead atoms. The van der Waals surface area contributed by atoms with Crippen molar-refractivity contribution >= 4 is 11.1 Å². The number of benzene rings is 1. The Morgan fingerprint density at radius 1 is 1.16 bits per heavy atom. The first-order valence-electron chi connectivity index (χ1n) is 7.37. The molecule has 1 heterocycles. The van der Waals surface area contributed by atoms with Crippen LogP contribution in [-0.4, -0.2) is 16.7 Å². The van der Waals surface area contributed by atoms with Gasteiger partial charge in [0.1, 0.15) is 5.52 Å². The molecule has 0 radical (unpaired) electrons. The van der Waals surface area contributed by atoms with Crippen molar-refractivity contribution in [1.29, 1.82) is 0 Å². The zero-order valence-corrected chi connectivity index (χ0v) is 11.3. The summed E-state index contributed by atoms with van der Waals surface area (Å²) in [5, 5.41) is 8.73. The third-order valence-electron chi connectivity index (χ3n) is 3.77. The number of aliphatic hydroxyl groups excluding tert-OH is 1. The Morgan fingerprint density at radius 3 is 2.79 bits per heavy atom. The molecule has 3 heteroatoms. The molecule has 0 saturated heterocycles. The number of oxazole rings is 1. The molecule has 0 atom stereocenters. The highest BCUT2D eigenvalue weighted by Gasteiger charge is 2.28. The van der Waals surface area contributed by atoms with Gasteiger partial charge in [-0.1, -0.05) is 18.9 Å². The van der Waals surface area contributed by atoms with Crippen LogP contribution in [0.3, 0.4) is 0 Å². The molecule has 0 unspecified atom stereocenters. The summed E-state index contributed by atoms with van der Waals surface area (Å²) >= 11 is 0. The zero-order valence-electron chi connectivity index (χ0n) is 11.3. The van der Waals surface area contributed by atoms with Gasteiger partial charge >= 0.3 is 0 Å². The van der Waals surface area contributed by atoms with Crippen LogP contribution in [0, 0.1) is 0 Å². The van der Waals surface area contributed by atoms with E-state index in [4.69, 9.17) is 9.52 Å². The molecule has 0 amide bonds. The minimum Gasteiger partial charge on any atom is -0.440 e. The van der Waals surface area contributed by atoms with Crippen molar-refractivity contribution in [3.8, 4) is 0 Å². The van der Waals surface area contributed by atoms with Gasteiger partial charge in [0.25, 0.3) is 0 Å². The van der Waals surface area contributed by atoms with Gasteiger partial charge in [-0.25, -0.2) is 4.98 Å². The van der Waals surface area contributed by atoms with Crippen LogP contribution in [0.4, 0.5) is 0 Å². The van der Waals surface area contributed by atoms with Crippen molar-refractivity contribution in [3.05, 3.63) is 29.7 Å². The maximum atomic E-state index is 8.73. The molecule has 1 N–H and O–H groups in total. The monoisotopic (exact) mass is 259 g/mol. The lowest BCUT2D eigenvalue weighted by Crippen LogP contribution is -1.88. The van der Waals surface area contributed by atoms with Crippen molar-refractivity contribution in [2.24, 2.45) is 0 Å². The molecule has 3 rings (SSSR count). The van der Waals surface area contributed by atoms with E-state index in [0.717, 1.165) is 36.3 Å². The van der Waals surface area contributed by atoms with Crippen LogP contribution in [0.2, 0.25) is 0 Å². The molecule has 19 heavy (non-hydrogen) atoms. The van der Waals surface area contributed by atoms with E-state index >= 15 is 0 Å². The number of unbranched alkanes of at least 4 members (excludes halogenated alkanes) is 3. The lowest BCUT2D eigenvalue weighted by molar-refractivity contribution is 0.282. The van der Waals surface area contributed by atoms with Crippen LogP contribution in [0.5, 0.6) is 0 Å². The van der Waals surface area contributed by atoms with Gasteiger partial charge in [-0.05, 0) is 49.8 Å². The van der Waals surface area contributed by atoms with Crippen molar-refractivity contribution in [3.63, 3.8) is 0 Å². The van der Waals surface area contributed by atoms with Crippen LogP contribution < -0.4 is 0 Å². The number of fused-ring (bicyclic) bond motifs is 1. The number of hydrogen-bond donors (Lipinski definition) is 1. The molecule has 1 aromatic carbocycles. The highest BCUT2D eigenvalue weighted by Crippen LogP contribution is 2.40. The van der Waals surface area contributed by atoms with Crippen molar-refractivity contribution < 1.29 is 9.52 Å². The summed E-state index contributed by atoms with van der Waals surface area (Å²) in [6, 6.07) is 6.37. The van der Waals surface area contributed by atoms with Gasteiger partial charge in [-0.3, -0.25) is 0 Å². The first-order valence-corrected chi connectivity index (χ1v) is 7.37. The molecule has 1 aromatic heterocycles. The van der Waals surface area contributed by atoms with E-state index in [2.05, 4.69) is 23.2 Å². The van der Waals surface area contributed by atoms with Gasteiger partial charge in [0, 0.05) is 12.5 Å². The maximum Gasteiger partial charge on any atom is 0.198 e. The summed E-state index contributed by atoms with van der Waals surface area (Å²) < 4.78 is 5.77. The summed E-state index contributed by atoms with van der Waals surface area (Å²) in [5.41, 5.74) is 3.27. The highest BCUT2D eigenvalue weighted by molar-refractivity contribution is 5.73. The molecule has 0 aliphatic heterocycles. The molecule has 1 saturated carbocycles. The number of aromatic nitrogens is 1. The average Bonchev–Trinajstić information content (AvgIpc) is 3.18. The van der Waals surface area contributed by atoms with Crippen LogP contribution in [0.1, 0.15) is 55.9 Å². The molecular weight excluding hydrogens is 238 g/mol. The average molecular weight is 259 g/mol. The van der Waals surface area contributed by atoms with Crippen molar-refractivity contribution in [1.82, 2.24) is 4.98 Å². The summed E-state index contributed by atoms with van der Waals surface area (Å²) in [6.45, 7) is 0.314. The summed E-state index contributed by atoms with van der Waals surface area (Å²) in [5.74, 6) is 1.50. The third-order valence-corrected chi connectivity index (χ3v) is 3.77. The first-order chi connectivity index (χ1) is 9.36.